The fraction of sp³-hybridized carbons (Fsp3) is 0.250. The summed E-state index contributed by atoms with van der Waals surface area (Å²) in [7, 11) is -1.45. The van der Waals surface area contributed by atoms with E-state index in [9.17, 15) is 13.2 Å². The lowest BCUT2D eigenvalue weighted by Crippen LogP contribution is -2.26. The van der Waals surface area contributed by atoms with Gasteiger partial charge in [-0.3, -0.25) is 4.79 Å². The molecule has 7 heteroatoms. The van der Waals surface area contributed by atoms with Crippen LogP contribution >= 0.6 is 23.2 Å². The molecule has 1 aliphatic rings. The van der Waals surface area contributed by atoms with Crippen molar-refractivity contribution in [1.29, 1.82) is 0 Å². The molecule has 0 saturated carbocycles. The molecule has 0 saturated heterocycles. The number of rotatable bonds is 1. The van der Waals surface area contributed by atoms with Gasteiger partial charge in [-0.1, -0.05) is 29.3 Å². The van der Waals surface area contributed by atoms with Gasteiger partial charge in [0.05, 0.1) is 17.2 Å². The molecule has 1 aliphatic carbocycles. The number of methoxy groups -OCH3 is 1. The maximum absolute atomic E-state index is 11.2. The number of hydrogen-bond acceptors (Lipinski definition) is 4. The summed E-state index contributed by atoms with van der Waals surface area (Å²) >= 11 is 11.3. The first-order valence-electron chi connectivity index (χ1n) is 3.76. The van der Waals surface area contributed by atoms with Crippen LogP contribution in [-0.2, 0) is 19.8 Å². The first-order valence-corrected chi connectivity index (χ1v) is 5.60. The minimum atomic E-state index is -2.61. The largest absolute Gasteiger partial charge is 0.468 e. The summed E-state index contributed by atoms with van der Waals surface area (Å²) in [6, 6.07) is 0. The Bertz CT molecular complexity index is 479. The van der Waals surface area contributed by atoms with Crippen LogP contribution in [-0.4, -0.2) is 26.4 Å². The molecule has 0 amide bonds. The van der Waals surface area contributed by atoms with E-state index in [4.69, 9.17) is 23.2 Å². The number of ether oxygens (including phenoxy) is 1. The van der Waals surface area contributed by atoms with Gasteiger partial charge < -0.3 is 4.74 Å². The molecule has 0 aromatic heterocycles. The molecule has 0 radical (unpaired) electrons. The van der Waals surface area contributed by atoms with Crippen molar-refractivity contribution in [1.82, 2.24) is 0 Å². The maximum atomic E-state index is 11.2. The minimum Gasteiger partial charge on any atom is -0.468 e. The molecular formula is C8H6Cl2O4S. The van der Waals surface area contributed by atoms with Crippen LogP contribution in [0.3, 0.4) is 0 Å². The van der Waals surface area contributed by atoms with Gasteiger partial charge in [-0.05, 0) is 6.08 Å². The van der Waals surface area contributed by atoms with Crippen LogP contribution in [0.4, 0.5) is 0 Å². The van der Waals surface area contributed by atoms with Gasteiger partial charge in [-0.25, -0.2) is 0 Å². The van der Waals surface area contributed by atoms with Crippen LogP contribution in [0.15, 0.2) is 22.2 Å². The zero-order valence-electron chi connectivity index (χ0n) is 7.53. The predicted octanol–water partition coefficient (Wildman–Crippen LogP) is 1.09. The van der Waals surface area contributed by atoms with Crippen molar-refractivity contribution >= 4 is 44.3 Å². The molecule has 15 heavy (non-hydrogen) atoms. The van der Waals surface area contributed by atoms with E-state index in [-0.39, 0.29) is 14.9 Å². The molecule has 82 valence electrons. The fourth-order valence-electron chi connectivity index (χ4n) is 1.08. The topological polar surface area (TPSA) is 60.4 Å². The maximum Gasteiger partial charge on any atom is 0.318 e. The Balaban J connectivity index is 3.34. The average Bonchev–Trinajstić information content (AvgIpc) is 2.20. The Morgan fingerprint density at radius 2 is 2.07 bits per heavy atom. The van der Waals surface area contributed by atoms with Crippen molar-refractivity contribution in [3.05, 3.63) is 22.2 Å². The van der Waals surface area contributed by atoms with Crippen LogP contribution < -0.4 is 0 Å². The molecule has 0 aliphatic heterocycles. The zero-order valence-corrected chi connectivity index (χ0v) is 9.86. The van der Waals surface area contributed by atoms with E-state index in [2.05, 4.69) is 4.74 Å². The molecule has 0 N–H and O–H groups in total. The summed E-state index contributed by atoms with van der Waals surface area (Å²) in [6.07, 6.45) is 2.69. The molecular weight excluding hydrogens is 263 g/mol. The lowest BCUT2D eigenvalue weighted by atomic mass is 10.0. The second-order valence-electron chi connectivity index (χ2n) is 2.62. The normalized spacial score (nSPS) is 20.5. The number of hydrogen-bond donors (Lipinski definition) is 0. The van der Waals surface area contributed by atoms with Crippen LogP contribution in [0.1, 0.15) is 0 Å². The van der Waals surface area contributed by atoms with Crippen molar-refractivity contribution < 1.29 is 17.9 Å². The first kappa shape index (κ1) is 12.3. The summed E-state index contributed by atoms with van der Waals surface area (Å²) in [6.45, 7) is 0. The highest BCUT2D eigenvalue weighted by Gasteiger charge is 2.30. The quantitative estimate of drug-likeness (QED) is 0.528. The third-order valence-corrected chi connectivity index (χ3v) is 3.53. The molecule has 0 aromatic carbocycles. The van der Waals surface area contributed by atoms with E-state index in [1.165, 1.54) is 12.2 Å². The standard InChI is InChI=1S/C8H6Cl2O4S/c1-14-8(11)4-2-3-5(9)6(10)7(4)15(12)13/h2-4H,1H3. The SMILES string of the molecule is COC(=O)C1C=CC(Cl)=C(Cl)C1=S(=O)=O. The highest BCUT2D eigenvalue weighted by Crippen LogP contribution is 2.26. The molecule has 0 bridgehead atoms. The Morgan fingerprint density at radius 3 is 2.53 bits per heavy atom. The van der Waals surface area contributed by atoms with E-state index < -0.39 is 22.2 Å². The molecule has 1 rings (SSSR count). The van der Waals surface area contributed by atoms with E-state index in [0.717, 1.165) is 7.11 Å². The molecule has 1 unspecified atom stereocenters. The first-order chi connectivity index (χ1) is 6.99. The van der Waals surface area contributed by atoms with Gasteiger partial charge >= 0.3 is 5.97 Å². The van der Waals surface area contributed by atoms with Gasteiger partial charge in [0.2, 0.25) is 10.3 Å². The molecule has 0 heterocycles. The van der Waals surface area contributed by atoms with E-state index in [1.54, 1.807) is 0 Å². The summed E-state index contributed by atoms with van der Waals surface area (Å²) in [4.78, 5) is 11.0. The Morgan fingerprint density at radius 1 is 1.47 bits per heavy atom. The summed E-state index contributed by atoms with van der Waals surface area (Å²) < 4.78 is 26.2. The molecule has 4 nitrogen and oxygen atoms in total. The zero-order chi connectivity index (χ0) is 11.6. The fourth-order valence-corrected chi connectivity index (χ4v) is 2.32. The highest BCUT2D eigenvalue weighted by atomic mass is 35.5. The van der Waals surface area contributed by atoms with Crippen molar-refractivity contribution in [2.75, 3.05) is 7.11 Å². The van der Waals surface area contributed by atoms with Gasteiger partial charge in [-0.15, -0.1) is 0 Å². The van der Waals surface area contributed by atoms with E-state index in [1.807, 2.05) is 0 Å². The van der Waals surface area contributed by atoms with Gasteiger partial charge in [0, 0.05) is 0 Å². The number of carbonyl (C=O) groups excluding carboxylic acids is 1. The number of esters is 1. The Kier molecular flexibility index (Phi) is 3.96. The Hall–Kier alpha value is -0.780. The summed E-state index contributed by atoms with van der Waals surface area (Å²) in [5, 5.41) is -0.0704. The second-order valence-corrected chi connectivity index (χ2v) is 4.32. The van der Waals surface area contributed by atoms with Gasteiger partial charge in [-0.2, -0.15) is 8.42 Å². The molecule has 1 atom stereocenters. The van der Waals surface area contributed by atoms with E-state index >= 15 is 0 Å². The van der Waals surface area contributed by atoms with Gasteiger partial charge in [0.1, 0.15) is 10.8 Å². The average molecular weight is 269 g/mol. The molecule has 0 fully saturated rings. The van der Waals surface area contributed by atoms with Crippen LogP contribution in [0.2, 0.25) is 0 Å². The summed E-state index contributed by atoms with van der Waals surface area (Å²) in [5.41, 5.74) is 0. The summed E-state index contributed by atoms with van der Waals surface area (Å²) in [5.74, 6) is -1.73. The van der Waals surface area contributed by atoms with Gasteiger partial charge in [0.25, 0.3) is 0 Å². The lowest BCUT2D eigenvalue weighted by molar-refractivity contribution is -0.141. The van der Waals surface area contributed by atoms with Crippen molar-refractivity contribution in [3.63, 3.8) is 0 Å². The predicted molar refractivity (Wildman–Crippen MR) is 57.3 cm³/mol. The highest BCUT2D eigenvalue weighted by molar-refractivity contribution is 7.73. The smallest absolute Gasteiger partial charge is 0.318 e. The van der Waals surface area contributed by atoms with Crippen molar-refractivity contribution in [2.45, 2.75) is 0 Å². The number of halogens is 2. The third-order valence-electron chi connectivity index (χ3n) is 1.78. The molecule has 0 spiro atoms. The molecule has 0 aromatic rings. The van der Waals surface area contributed by atoms with Gasteiger partial charge in [0.15, 0.2) is 0 Å². The third kappa shape index (κ3) is 2.42. The van der Waals surface area contributed by atoms with Crippen molar-refractivity contribution in [2.24, 2.45) is 5.92 Å². The monoisotopic (exact) mass is 268 g/mol. The number of carbonyl (C=O) groups is 1. The van der Waals surface area contributed by atoms with Crippen molar-refractivity contribution in [3.8, 4) is 0 Å². The van der Waals surface area contributed by atoms with Crippen LogP contribution in [0, 0.1) is 5.92 Å². The minimum absolute atomic E-state index is 0.0796. The van der Waals surface area contributed by atoms with E-state index in [0.29, 0.717) is 0 Å². The van der Waals surface area contributed by atoms with Crippen LogP contribution in [0.5, 0.6) is 0 Å². The lowest BCUT2D eigenvalue weighted by Gasteiger charge is -2.14. The second kappa shape index (κ2) is 4.83. The number of allylic oxidation sites excluding steroid dienone is 3. The van der Waals surface area contributed by atoms with Crippen LogP contribution in [0.25, 0.3) is 0 Å². The Labute approximate surface area is 97.7 Å².